The fourth-order valence-corrected chi connectivity index (χ4v) is 4.26. The molecule has 29 heavy (non-hydrogen) atoms. The molecule has 1 aromatic carbocycles. The van der Waals surface area contributed by atoms with Gasteiger partial charge in [0.05, 0.1) is 15.9 Å². The van der Waals surface area contributed by atoms with Crippen molar-refractivity contribution in [2.24, 2.45) is 7.05 Å². The number of aromatic nitrogens is 3. The Labute approximate surface area is 175 Å². The van der Waals surface area contributed by atoms with E-state index < -0.39 is 4.92 Å². The number of hydrogen-bond donors (Lipinski definition) is 1. The molecule has 3 aromatic rings. The molecule has 1 amide bonds. The average Bonchev–Trinajstić information content (AvgIpc) is 3.34. The molecule has 1 atom stereocenters. The van der Waals surface area contributed by atoms with Gasteiger partial charge in [0.1, 0.15) is 6.33 Å². The highest BCUT2D eigenvalue weighted by atomic mass is 32.2. The Morgan fingerprint density at radius 1 is 1.41 bits per heavy atom. The molecule has 11 heteroatoms. The Balaban J connectivity index is 1.76. The molecular weight excluding hydrogens is 412 g/mol. The van der Waals surface area contributed by atoms with Gasteiger partial charge in [-0.15, -0.1) is 10.2 Å². The lowest BCUT2D eigenvalue weighted by atomic mass is 10.1. The average molecular weight is 433 g/mol. The lowest BCUT2D eigenvalue weighted by Gasteiger charge is -2.24. The molecule has 3 rings (SSSR count). The van der Waals surface area contributed by atoms with Crippen LogP contribution in [0.1, 0.15) is 22.0 Å². The number of nitrogens with one attached hydrogen (secondary N) is 1. The number of benzene rings is 1. The van der Waals surface area contributed by atoms with Crippen molar-refractivity contribution >= 4 is 34.7 Å². The van der Waals surface area contributed by atoms with Crippen molar-refractivity contribution in [1.29, 1.82) is 0 Å². The van der Waals surface area contributed by atoms with Crippen molar-refractivity contribution in [2.45, 2.75) is 16.1 Å². The Hall–Kier alpha value is -2.76. The van der Waals surface area contributed by atoms with E-state index in [0.717, 1.165) is 17.3 Å². The van der Waals surface area contributed by atoms with E-state index >= 15 is 0 Å². The Bertz CT molecular complexity index is 1000. The number of nitro groups is 1. The molecule has 2 heterocycles. The van der Waals surface area contributed by atoms with Crippen molar-refractivity contribution in [2.75, 3.05) is 20.6 Å². The largest absolute Gasteiger partial charge is 0.350 e. The number of thiophene rings is 1. The van der Waals surface area contributed by atoms with Gasteiger partial charge in [-0.2, -0.15) is 11.3 Å². The lowest BCUT2D eigenvalue weighted by molar-refractivity contribution is -0.387. The second-order valence-electron chi connectivity index (χ2n) is 6.51. The van der Waals surface area contributed by atoms with Crippen LogP contribution in [0.2, 0.25) is 0 Å². The lowest BCUT2D eigenvalue weighted by Crippen LogP contribution is -2.34. The second kappa shape index (κ2) is 9.16. The zero-order chi connectivity index (χ0) is 21.0. The molecule has 0 saturated heterocycles. The monoisotopic (exact) mass is 432 g/mol. The molecule has 1 N–H and O–H groups in total. The van der Waals surface area contributed by atoms with Gasteiger partial charge in [0.15, 0.2) is 5.16 Å². The van der Waals surface area contributed by atoms with Crippen LogP contribution in [0.25, 0.3) is 0 Å². The van der Waals surface area contributed by atoms with Gasteiger partial charge in [0, 0.05) is 25.2 Å². The normalized spacial score (nSPS) is 12.1. The molecule has 0 saturated carbocycles. The molecule has 0 spiro atoms. The van der Waals surface area contributed by atoms with Crippen molar-refractivity contribution in [3.05, 3.63) is 62.6 Å². The summed E-state index contributed by atoms with van der Waals surface area (Å²) < 4.78 is 1.67. The van der Waals surface area contributed by atoms with Gasteiger partial charge in [0.25, 0.3) is 11.6 Å². The molecule has 0 aliphatic carbocycles. The van der Waals surface area contributed by atoms with Crippen LogP contribution in [-0.4, -0.2) is 51.1 Å². The third-order valence-corrected chi connectivity index (χ3v) is 6.12. The van der Waals surface area contributed by atoms with Crippen LogP contribution in [0.15, 0.2) is 51.4 Å². The minimum Gasteiger partial charge on any atom is -0.350 e. The summed E-state index contributed by atoms with van der Waals surface area (Å²) in [5.74, 6) is -0.356. The standard InChI is InChI=1S/C18H20N6O3S2/c1-22(2)15(13-6-7-28-10-13)9-19-17(25)12-4-5-16(14(8-12)24(26)27)29-18-21-20-11-23(18)3/h4-8,10-11,15H,9H2,1-3H3,(H,19,25). The zero-order valence-corrected chi connectivity index (χ0v) is 17.7. The Morgan fingerprint density at radius 3 is 2.79 bits per heavy atom. The minimum absolute atomic E-state index is 0.0194. The summed E-state index contributed by atoms with van der Waals surface area (Å²) in [4.78, 5) is 26.1. The highest BCUT2D eigenvalue weighted by Crippen LogP contribution is 2.34. The smallest absolute Gasteiger partial charge is 0.284 e. The van der Waals surface area contributed by atoms with E-state index in [1.54, 1.807) is 35.1 Å². The topological polar surface area (TPSA) is 106 Å². The first-order chi connectivity index (χ1) is 13.9. The van der Waals surface area contributed by atoms with Gasteiger partial charge in [0.2, 0.25) is 0 Å². The van der Waals surface area contributed by atoms with Crippen LogP contribution in [0.3, 0.4) is 0 Å². The highest BCUT2D eigenvalue weighted by Gasteiger charge is 2.21. The van der Waals surface area contributed by atoms with Crippen molar-refractivity contribution < 1.29 is 9.72 Å². The maximum atomic E-state index is 12.6. The Morgan fingerprint density at radius 2 is 2.21 bits per heavy atom. The molecule has 0 radical (unpaired) electrons. The van der Waals surface area contributed by atoms with Crippen LogP contribution in [0.4, 0.5) is 5.69 Å². The quantitative estimate of drug-likeness (QED) is 0.431. The predicted octanol–water partition coefficient (Wildman–Crippen LogP) is 2.97. The fourth-order valence-electron chi connectivity index (χ4n) is 2.71. The summed E-state index contributed by atoms with van der Waals surface area (Å²) in [6.07, 6.45) is 1.52. The van der Waals surface area contributed by atoms with Crippen LogP contribution in [0, 0.1) is 10.1 Å². The third-order valence-electron chi connectivity index (χ3n) is 4.30. The first kappa shape index (κ1) is 21.0. The molecular formula is C18H20N6O3S2. The molecule has 0 fully saturated rings. The van der Waals surface area contributed by atoms with E-state index in [0.29, 0.717) is 16.6 Å². The first-order valence-corrected chi connectivity index (χ1v) is 10.4. The highest BCUT2D eigenvalue weighted by molar-refractivity contribution is 7.99. The van der Waals surface area contributed by atoms with Crippen LogP contribution in [0.5, 0.6) is 0 Å². The number of carbonyl (C=O) groups is 1. The maximum Gasteiger partial charge on any atom is 0.284 e. The van der Waals surface area contributed by atoms with E-state index in [2.05, 4.69) is 15.5 Å². The van der Waals surface area contributed by atoms with E-state index in [1.165, 1.54) is 12.4 Å². The van der Waals surface area contributed by atoms with Crippen LogP contribution < -0.4 is 5.32 Å². The van der Waals surface area contributed by atoms with Gasteiger partial charge >= 0.3 is 0 Å². The van der Waals surface area contributed by atoms with Crippen molar-refractivity contribution in [3.63, 3.8) is 0 Å². The Kier molecular flexibility index (Phi) is 6.62. The van der Waals surface area contributed by atoms with E-state index in [9.17, 15) is 14.9 Å². The van der Waals surface area contributed by atoms with E-state index in [1.807, 2.05) is 35.8 Å². The van der Waals surface area contributed by atoms with Crippen LogP contribution in [-0.2, 0) is 7.05 Å². The molecule has 9 nitrogen and oxygen atoms in total. The third kappa shape index (κ3) is 5.00. The van der Waals surface area contributed by atoms with E-state index in [-0.39, 0.29) is 23.2 Å². The van der Waals surface area contributed by atoms with Gasteiger partial charge in [-0.05, 0) is 60.4 Å². The predicted molar refractivity (Wildman–Crippen MR) is 111 cm³/mol. The number of likely N-dealkylation sites (N-methyl/N-ethyl adjacent to an activating group) is 1. The number of amides is 1. The number of hydrogen-bond acceptors (Lipinski definition) is 8. The first-order valence-electron chi connectivity index (χ1n) is 8.64. The van der Waals surface area contributed by atoms with Gasteiger partial charge in [-0.3, -0.25) is 14.9 Å². The number of nitro benzene ring substituents is 1. The summed E-state index contributed by atoms with van der Waals surface area (Å²) in [5, 5.41) is 26.7. The summed E-state index contributed by atoms with van der Waals surface area (Å²) in [6, 6.07) is 6.48. The minimum atomic E-state index is -0.497. The molecule has 2 aromatic heterocycles. The zero-order valence-electron chi connectivity index (χ0n) is 16.1. The fraction of sp³-hybridized carbons (Fsp3) is 0.278. The molecule has 0 aliphatic rings. The second-order valence-corrected chi connectivity index (χ2v) is 8.30. The van der Waals surface area contributed by atoms with Gasteiger partial charge < -0.3 is 14.8 Å². The van der Waals surface area contributed by atoms with Gasteiger partial charge in [-0.1, -0.05) is 0 Å². The van der Waals surface area contributed by atoms with Crippen molar-refractivity contribution in [1.82, 2.24) is 25.0 Å². The number of nitrogens with zero attached hydrogens (tertiary/aromatic N) is 5. The number of aryl methyl sites for hydroxylation is 1. The van der Waals surface area contributed by atoms with Gasteiger partial charge in [-0.25, -0.2) is 0 Å². The maximum absolute atomic E-state index is 12.6. The van der Waals surface area contributed by atoms with Crippen LogP contribution >= 0.6 is 23.1 Å². The van der Waals surface area contributed by atoms with Crippen molar-refractivity contribution in [3.8, 4) is 0 Å². The summed E-state index contributed by atoms with van der Waals surface area (Å²) >= 11 is 2.72. The molecule has 152 valence electrons. The number of rotatable bonds is 8. The number of carbonyl (C=O) groups excluding carboxylic acids is 1. The SMILES string of the molecule is CN(C)C(CNC(=O)c1ccc(Sc2nncn2C)c([N+](=O)[O-])c1)c1ccsc1. The summed E-state index contributed by atoms with van der Waals surface area (Å²) in [5.41, 5.74) is 1.20. The molecule has 0 bridgehead atoms. The van der Waals surface area contributed by atoms with E-state index in [4.69, 9.17) is 0 Å². The molecule has 0 aliphatic heterocycles. The molecule has 1 unspecified atom stereocenters. The summed E-state index contributed by atoms with van der Waals surface area (Å²) in [6.45, 7) is 0.395. The summed E-state index contributed by atoms with van der Waals surface area (Å²) in [7, 11) is 5.64.